The second kappa shape index (κ2) is 4.79. The van der Waals surface area contributed by atoms with E-state index in [1.54, 1.807) is 30.3 Å². The third-order valence-corrected chi connectivity index (χ3v) is 10.6. The zero-order valence-electron chi connectivity index (χ0n) is 7.36. The van der Waals surface area contributed by atoms with Crippen molar-refractivity contribution in [2.45, 2.75) is 5.51 Å². The Morgan fingerprint density at radius 2 is 1.67 bits per heavy atom. The molecule has 8 heteroatoms. The van der Waals surface area contributed by atoms with Gasteiger partial charge in [-0.1, -0.05) is 0 Å². The maximum absolute atomic E-state index is 11.9. The van der Waals surface area contributed by atoms with Gasteiger partial charge in [0.1, 0.15) is 0 Å². The van der Waals surface area contributed by atoms with E-state index in [1.807, 2.05) is 0 Å². The third kappa shape index (κ3) is 3.73. The zero-order chi connectivity index (χ0) is 11.5. The summed E-state index contributed by atoms with van der Waals surface area (Å²) >= 11 is -2.67. The number of hydrogen-bond acceptors (Lipinski definition) is 3. The predicted octanol–water partition coefficient (Wildman–Crippen LogP) is 1.18. The van der Waals surface area contributed by atoms with Gasteiger partial charge in [-0.2, -0.15) is 0 Å². The Balaban J connectivity index is 2.67. The SMILES string of the molecule is O=S(=O)([O][Hg][c]1ccccc1)C(F)(F)F. The van der Waals surface area contributed by atoms with Crippen molar-refractivity contribution in [1.82, 2.24) is 0 Å². The molecule has 0 radical (unpaired) electrons. The molecule has 1 aromatic carbocycles. The summed E-state index contributed by atoms with van der Waals surface area (Å²) < 4.78 is 61.3. The normalized spacial score (nSPS) is 12.2. The Bertz CT molecular complexity index is 415. The van der Waals surface area contributed by atoms with Gasteiger partial charge in [-0.25, -0.2) is 0 Å². The first-order valence-electron chi connectivity index (χ1n) is 3.82. The Morgan fingerprint density at radius 3 is 2.13 bits per heavy atom. The molecule has 0 aliphatic rings. The minimum atomic E-state index is -5.40. The van der Waals surface area contributed by atoms with E-state index in [0.29, 0.717) is 3.07 Å². The molecular weight excluding hydrogens is 422 g/mol. The van der Waals surface area contributed by atoms with Gasteiger partial charge in [-0.3, -0.25) is 0 Å². The second-order valence-electron chi connectivity index (χ2n) is 2.65. The first kappa shape index (κ1) is 12.9. The van der Waals surface area contributed by atoms with Crippen molar-refractivity contribution >= 4 is 13.2 Å². The van der Waals surface area contributed by atoms with Gasteiger partial charge in [0.05, 0.1) is 0 Å². The van der Waals surface area contributed by atoms with Crippen LogP contribution in [0.4, 0.5) is 13.2 Å². The van der Waals surface area contributed by atoms with E-state index in [4.69, 9.17) is 0 Å². The van der Waals surface area contributed by atoms with Gasteiger partial charge in [-0.05, 0) is 0 Å². The molecule has 0 saturated heterocycles. The number of hydrogen-bond donors (Lipinski definition) is 0. The van der Waals surface area contributed by atoms with Crippen LogP contribution in [0.25, 0.3) is 0 Å². The minimum absolute atomic E-state index is 0.574. The van der Waals surface area contributed by atoms with E-state index in [1.165, 1.54) is 0 Å². The predicted molar refractivity (Wildman–Crippen MR) is 42.1 cm³/mol. The summed E-state index contributed by atoms with van der Waals surface area (Å²) in [6, 6.07) is 8.06. The van der Waals surface area contributed by atoms with Crippen LogP contribution in [0.2, 0.25) is 0 Å². The average Bonchev–Trinajstić information content (AvgIpc) is 2.15. The molecule has 15 heavy (non-hydrogen) atoms. The van der Waals surface area contributed by atoms with Crippen molar-refractivity contribution in [3.05, 3.63) is 30.3 Å². The van der Waals surface area contributed by atoms with Crippen LogP contribution in [-0.4, -0.2) is 13.9 Å². The van der Waals surface area contributed by atoms with E-state index in [9.17, 15) is 21.6 Å². The molecule has 0 amide bonds. The monoisotopic (exact) mass is 428 g/mol. The van der Waals surface area contributed by atoms with Gasteiger partial charge in [-0.15, -0.1) is 0 Å². The molecule has 0 aliphatic carbocycles. The maximum atomic E-state index is 11.9. The molecular formula is C7H5F3HgO3S. The third-order valence-electron chi connectivity index (χ3n) is 1.51. The first-order valence-corrected chi connectivity index (χ1v) is 10.2. The summed E-state index contributed by atoms with van der Waals surface area (Å²) in [4.78, 5) is 0. The number of halogens is 3. The fourth-order valence-electron chi connectivity index (χ4n) is 0.787. The summed E-state index contributed by atoms with van der Waals surface area (Å²) in [5.74, 6) is 0. The van der Waals surface area contributed by atoms with Crippen molar-refractivity contribution in [1.29, 1.82) is 0 Å². The van der Waals surface area contributed by atoms with Crippen LogP contribution in [0.15, 0.2) is 30.3 Å². The van der Waals surface area contributed by atoms with Gasteiger partial charge >= 0.3 is 97.7 Å². The van der Waals surface area contributed by atoms with Crippen LogP contribution in [0.3, 0.4) is 0 Å². The van der Waals surface area contributed by atoms with Crippen LogP contribution in [0.1, 0.15) is 0 Å². The summed E-state index contributed by atoms with van der Waals surface area (Å²) in [5.41, 5.74) is -5.32. The van der Waals surface area contributed by atoms with Crippen LogP contribution in [-0.2, 0) is 37.2 Å². The topological polar surface area (TPSA) is 43.4 Å². The number of benzene rings is 1. The van der Waals surface area contributed by atoms with Crippen molar-refractivity contribution in [2.75, 3.05) is 0 Å². The fraction of sp³-hybridized carbons (Fsp3) is 0.143. The van der Waals surface area contributed by atoms with E-state index in [-0.39, 0.29) is 0 Å². The van der Waals surface area contributed by atoms with Gasteiger partial charge in [0.2, 0.25) is 0 Å². The van der Waals surface area contributed by atoms with E-state index >= 15 is 0 Å². The zero-order valence-corrected chi connectivity index (χ0v) is 13.7. The summed E-state index contributed by atoms with van der Waals surface area (Å²) in [7, 11) is -5.40. The summed E-state index contributed by atoms with van der Waals surface area (Å²) in [6.45, 7) is 0. The second-order valence-corrected chi connectivity index (χ2v) is 11.3. The van der Waals surface area contributed by atoms with Gasteiger partial charge in [0, 0.05) is 0 Å². The summed E-state index contributed by atoms with van der Waals surface area (Å²) in [5, 5.41) is 0. The fourth-order valence-corrected chi connectivity index (χ4v) is 7.97. The Labute approximate surface area is 97.5 Å². The van der Waals surface area contributed by atoms with Gasteiger partial charge < -0.3 is 0 Å². The van der Waals surface area contributed by atoms with Crippen molar-refractivity contribution < 1.29 is 48.7 Å². The van der Waals surface area contributed by atoms with Crippen LogP contribution in [0, 0.1) is 0 Å². The Kier molecular flexibility index (Phi) is 4.13. The summed E-state index contributed by atoms with van der Waals surface area (Å²) in [6.07, 6.45) is 0. The quantitative estimate of drug-likeness (QED) is 0.538. The number of rotatable bonds is 3. The molecule has 3 nitrogen and oxygen atoms in total. The molecule has 0 heterocycles. The van der Waals surface area contributed by atoms with E-state index in [0.717, 1.165) is 0 Å². The molecule has 0 N–H and O–H groups in total. The molecule has 1 rings (SSSR count). The molecule has 80 valence electrons. The molecule has 1 aromatic rings. The first-order chi connectivity index (χ1) is 6.83. The van der Waals surface area contributed by atoms with Crippen LogP contribution in [0.5, 0.6) is 0 Å². The molecule has 0 aliphatic heterocycles. The van der Waals surface area contributed by atoms with Gasteiger partial charge in [0.25, 0.3) is 0 Å². The molecule has 0 bridgehead atoms. The molecule has 0 atom stereocenters. The Morgan fingerprint density at radius 1 is 1.13 bits per heavy atom. The van der Waals surface area contributed by atoms with Crippen LogP contribution >= 0.6 is 0 Å². The van der Waals surface area contributed by atoms with Crippen molar-refractivity contribution in [2.24, 2.45) is 0 Å². The molecule has 0 saturated carbocycles. The van der Waals surface area contributed by atoms with Crippen molar-refractivity contribution in [3.63, 3.8) is 0 Å². The van der Waals surface area contributed by atoms with Crippen LogP contribution < -0.4 is 3.07 Å². The standard InChI is InChI=1S/C6H5.CHF3O3S.Hg/c1-2-4-6-5-3-1;2-1(3,4)8(5,6)7;/h1-5H;(H,5,6,7);/q;;+1/p-1. The molecule has 0 spiro atoms. The van der Waals surface area contributed by atoms with Gasteiger partial charge in [0.15, 0.2) is 0 Å². The van der Waals surface area contributed by atoms with Crippen molar-refractivity contribution in [3.8, 4) is 0 Å². The number of alkyl halides is 3. The van der Waals surface area contributed by atoms with E-state index < -0.39 is 40.7 Å². The van der Waals surface area contributed by atoms with E-state index in [2.05, 4.69) is 2.09 Å². The molecule has 0 unspecified atom stereocenters. The molecule has 0 aromatic heterocycles. The average molecular weight is 427 g/mol. The Hall–Kier alpha value is -0.145. The molecule has 0 fully saturated rings.